The second-order valence-corrected chi connectivity index (χ2v) is 6.45. The fraction of sp³-hybridized carbons (Fsp3) is 0.333. The zero-order valence-corrected chi connectivity index (χ0v) is 14.7. The van der Waals surface area contributed by atoms with E-state index in [1.807, 2.05) is 13.8 Å². The van der Waals surface area contributed by atoms with E-state index in [0.717, 1.165) is 17.5 Å². The molecule has 0 saturated heterocycles. The molecule has 0 aliphatic carbocycles. The number of carbonyl (C=O) groups is 2. The van der Waals surface area contributed by atoms with E-state index in [1.54, 1.807) is 36.4 Å². The first-order chi connectivity index (χ1) is 11.9. The zero-order chi connectivity index (χ0) is 18.4. The Morgan fingerprint density at radius 3 is 1.48 bits per heavy atom. The molecule has 0 unspecified atom stereocenters. The first-order valence-corrected chi connectivity index (χ1v) is 8.54. The standard InChI is InChI=1S/C21H24O4/c1-14-8-10-16(20(24)12-14)18(22)6-4-3-5-7-19(23)17-11-9-15(2)13-21(17)25/h8-13,24-25H,3-7H2,1-2H3. The molecule has 132 valence electrons. The molecule has 0 aliphatic heterocycles. The second-order valence-electron chi connectivity index (χ2n) is 6.45. The van der Waals surface area contributed by atoms with Crippen molar-refractivity contribution in [2.45, 2.75) is 46.0 Å². The number of unbranched alkanes of at least 4 members (excludes halogenated alkanes) is 2. The smallest absolute Gasteiger partial charge is 0.166 e. The number of phenols is 2. The van der Waals surface area contributed by atoms with Crippen LogP contribution in [-0.4, -0.2) is 21.8 Å². The molecular weight excluding hydrogens is 316 g/mol. The van der Waals surface area contributed by atoms with Gasteiger partial charge in [0, 0.05) is 12.8 Å². The van der Waals surface area contributed by atoms with E-state index in [1.165, 1.54) is 0 Å². The topological polar surface area (TPSA) is 74.6 Å². The lowest BCUT2D eigenvalue weighted by Crippen LogP contribution is -2.01. The van der Waals surface area contributed by atoms with Crippen LogP contribution in [0.5, 0.6) is 11.5 Å². The molecule has 2 aromatic carbocycles. The van der Waals surface area contributed by atoms with Crippen molar-refractivity contribution >= 4 is 11.6 Å². The number of rotatable bonds is 8. The molecule has 0 bridgehead atoms. The highest BCUT2D eigenvalue weighted by Gasteiger charge is 2.12. The van der Waals surface area contributed by atoms with E-state index in [9.17, 15) is 19.8 Å². The Labute approximate surface area is 148 Å². The molecule has 0 aliphatic rings. The molecule has 0 radical (unpaired) electrons. The van der Waals surface area contributed by atoms with Crippen LogP contribution in [-0.2, 0) is 0 Å². The number of hydrogen-bond acceptors (Lipinski definition) is 4. The first kappa shape index (κ1) is 18.7. The minimum atomic E-state index is -0.0833. The Kier molecular flexibility index (Phi) is 6.34. The summed E-state index contributed by atoms with van der Waals surface area (Å²) >= 11 is 0. The van der Waals surface area contributed by atoms with Gasteiger partial charge in [-0.05, 0) is 62.1 Å². The van der Waals surface area contributed by atoms with Crippen molar-refractivity contribution in [1.29, 1.82) is 0 Å². The van der Waals surface area contributed by atoms with Crippen molar-refractivity contribution in [2.24, 2.45) is 0 Å². The van der Waals surface area contributed by atoms with Gasteiger partial charge >= 0.3 is 0 Å². The highest BCUT2D eigenvalue weighted by atomic mass is 16.3. The SMILES string of the molecule is Cc1ccc(C(=O)CCCCCC(=O)c2ccc(C)cc2O)c(O)c1. The maximum absolute atomic E-state index is 12.1. The molecule has 2 rings (SSSR count). The van der Waals surface area contributed by atoms with Crippen molar-refractivity contribution in [3.63, 3.8) is 0 Å². The van der Waals surface area contributed by atoms with Crippen LogP contribution in [0.3, 0.4) is 0 Å². The molecule has 25 heavy (non-hydrogen) atoms. The van der Waals surface area contributed by atoms with Crippen LogP contribution in [0.1, 0.15) is 63.9 Å². The fourth-order valence-corrected chi connectivity index (χ4v) is 2.77. The normalized spacial score (nSPS) is 10.6. The summed E-state index contributed by atoms with van der Waals surface area (Å²) in [5.74, 6) is -0.120. The number of carbonyl (C=O) groups excluding carboxylic acids is 2. The molecule has 0 fully saturated rings. The van der Waals surface area contributed by atoms with Gasteiger partial charge in [0.15, 0.2) is 11.6 Å². The molecule has 0 saturated carbocycles. The summed E-state index contributed by atoms with van der Waals surface area (Å²) in [6, 6.07) is 10.1. The van der Waals surface area contributed by atoms with Crippen LogP contribution in [0, 0.1) is 13.8 Å². The lowest BCUT2D eigenvalue weighted by atomic mass is 9.99. The lowest BCUT2D eigenvalue weighted by molar-refractivity contribution is 0.0976. The number of phenolic OH excluding ortho intramolecular Hbond substituents is 2. The van der Waals surface area contributed by atoms with E-state index in [2.05, 4.69) is 0 Å². The highest BCUT2D eigenvalue weighted by Crippen LogP contribution is 2.23. The van der Waals surface area contributed by atoms with Gasteiger partial charge in [-0.25, -0.2) is 0 Å². The summed E-state index contributed by atoms with van der Waals surface area (Å²) in [6.07, 6.45) is 2.77. The second kappa shape index (κ2) is 8.47. The summed E-state index contributed by atoms with van der Waals surface area (Å²) in [5, 5.41) is 19.6. The van der Waals surface area contributed by atoms with Gasteiger partial charge in [0.2, 0.25) is 0 Å². The average molecular weight is 340 g/mol. The monoisotopic (exact) mass is 340 g/mol. The van der Waals surface area contributed by atoms with Gasteiger partial charge < -0.3 is 10.2 Å². The van der Waals surface area contributed by atoms with E-state index >= 15 is 0 Å². The summed E-state index contributed by atoms with van der Waals surface area (Å²) in [7, 11) is 0. The quantitative estimate of drug-likeness (QED) is 0.538. The van der Waals surface area contributed by atoms with Gasteiger partial charge in [-0.3, -0.25) is 9.59 Å². The predicted octanol–water partition coefficient (Wildman–Crippen LogP) is 4.73. The molecule has 0 aromatic heterocycles. The van der Waals surface area contributed by atoms with Crippen molar-refractivity contribution in [2.75, 3.05) is 0 Å². The molecular formula is C21H24O4. The number of hydrogen-bond donors (Lipinski definition) is 2. The predicted molar refractivity (Wildman–Crippen MR) is 97.4 cm³/mol. The molecule has 4 nitrogen and oxygen atoms in total. The van der Waals surface area contributed by atoms with Gasteiger partial charge in [0.25, 0.3) is 0 Å². The maximum atomic E-state index is 12.1. The fourth-order valence-electron chi connectivity index (χ4n) is 2.77. The average Bonchev–Trinajstić information content (AvgIpc) is 2.54. The highest BCUT2D eigenvalue weighted by molar-refractivity contribution is 5.99. The van der Waals surface area contributed by atoms with Crippen molar-refractivity contribution in [3.05, 3.63) is 58.7 Å². The van der Waals surface area contributed by atoms with Crippen LogP contribution < -0.4 is 0 Å². The Hall–Kier alpha value is -2.62. The summed E-state index contributed by atoms with van der Waals surface area (Å²) in [4.78, 5) is 24.2. The van der Waals surface area contributed by atoms with Gasteiger partial charge in [-0.15, -0.1) is 0 Å². The summed E-state index contributed by atoms with van der Waals surface area (Å²) in [5.41, 5.74) is 2.52. The first-order valence-electron chi connectivity index (χ1n) is 8.54. The third-order valence-corrected chi connectivity index (χ3v) is 4.21. The number of Topliss-reactive ketones (excluding diaryl/α,β-unsaturated/α-hetero) is 2. The van der Waals surface area contributed by atoms with Crippen LogP contribution in [0.2, 0.25) is 0 Å². The Balaban J connectivity index is 1.76. The lowest BCUT2D eigenvalue weighted by Gasteiger charge is -2.06. The van der Waals surface area contributed by atoms with Crippen LogP contribution in [0.4, 0.5) is 0 Å². The third kappa shape index (κ3) is 5.18. The van der Waals surface area contributed by atoms with E-state index in [-0.39, 0.29) is 23.1 Å². The van der Waals surface area contributed by atoms with E-state index in [4.69, 9.17) is 0 Å². The van der Waals surface area contributed by atoms with Gasteiger partial charge in [-0.2, -0.15) is 0 Å². The third-order valence-electron chi connectivity index (χ3n) is 4.21. The Morgan fingerprint density at radius 1 is 0.720 bits per heavy atom. The molecule has 0 amide bonds. The molecule has 0 spiro atoms. The number of ketones is 2. The van der Waals surface area contributed by atoms with E-state index < -0.39 is 0 Å². The molecule has 4 heteroatoms. The van der Waals surface area contributed by atoms with Gasteiger partial charge in [0.1, 0.15) is 11.5 Å². The summed E-state index contributed by atoms with van der Waals surface area (Å²) in [6.45, 7) is 3.72. The number of benzene rings is 2. The van der Waals surface area contributed by atoms with Gasteiger partial charge in [-0.1, -0.05) is 18.6 Å². The van der Waals surface area contributed by atoms with Crippen LogP contribution in [0.25, 0.3) is 0 Å². The molecule has 0 atom stereocenters. The molecule has 2 aromatic rings. The van der Waals surface area contributed by atoms with Crippen molar-refractivity contribution in [3.8, 4) is 11.5 Å². The summed E-state index contributed by atoms with van der Waals surface area (Å²) < 4.78 is 0. The molecule has 0 heterocycles. The van der Waals surface area contributed by atoms with Crippen LogP contribution in [0.15, 0.2) is 36.4 Å². The number of aryl methyl sites for hydroxylation is 2. The minimum absolute atomic E-state index is 0.0232. The minimum Gasteiger partial charge on any atom is -0.507 e. The van der Waals surface area contributed by atoms with Crippen LogP contribution >= 0.6 is 0 Å². The van der Waals surface area contributed by atoms with Crippen molar-refractivity contribution in [1.82, 2.24) is 0 Å². The largest absolute Gasteiger partial charge is 0.507 e. The molecule has 2 N–H and O–H groups in total. The Bertz CT molecular complexity index is 712. The van der Waals surface area contributed by atoms with Crippen molar-refractivity contribution < 1.29 is 19.8 Å². The van der Waals surface area contributed by atoms with Gasteiger partial charge in [0.05, 0.1) is 11.1 Å². The van der Waals surface area contributed by atoms with E-state index in [0.29, 0.717) is 36.8 Å². The maximum Gasteiger partial charge on any atom is 0.166 e. The number of aromatic hydroxyl groups is 2. The zero-order valence-electron chi connectivity index (χ0n) is 14.7. The Morgan fingerprint density at radius 2 is 1.12 bits per heavy atom.